The van der Waals surface area contributed by atoms with Crippen molar-refractivity contribution in [1.82, 2.24) is 0 Å². The van der Waals surface area contributed by atoms with Crippen molar-refractivity contribution < 1.29 is 4.79 Å². The van der Waals surface area contributed by atoms with Crippen molar-refractivity contribution >= 4 is 28.9 Å². The number of benzene rings is 2. The van der Waals surface area contributed by atoms with Gasteiger partial charge in [0.15, 0.2) is 0 Å². The number of nitriles is 1. The quantitative estimate of drug-likeness (QED) is 0.831. The van der Waals surface area contributed by atoms with Crippen LogP contribution in [0.1, 0.15) is 21.5 Å². The van der Waals surface area contributed by atoms with Crippen molar-refractivity contribution in [3.8, 4) is 6.07 Å². The van der Waals surface area contributed by atoms with Crippen LogP contribution < -0.4 is 11.1 Å². The minimum atomic E-state index is -0.435. The maximum atomic E-state index is 12.3. The van der Waals surface area contributed by atoms with E-state index in [0.717, 1.165) is 5.56 Å². The lowest BCUT2D eigenvalue weighted by Crippen LogP contribution is -2.15. The second-order valence-corrected chi connectivity index (χ2v) is 4.67. The van der Waals surface area contributed by atoms with Gasteiger partial charge in [-0.3, -0.25) is 4.79 Å². The second-order valence-electron chi connectivity index (χ2n) is 4.27. The third-order valence-electron chi connectivity index (χ3n) is 2.91. The molecule has 1 amide bonds. The van der Waals surface area contributed by atoms with Crippen LogP contribution in [0.3, 0.4) is 0 Å². The number of halogens is 1. The van der Waals surface area contributed by atoms with Crippen molar-refractivity contribution in [3.63, 3.8) is 0 Å². The van der Waals surface area contributed by atoms with Gasteiger partial charge in [-0.2, -0.15) is 5.26 Å². The van der Waals surface area contributed by atoms with Gasteiger partial charge >= 0.3 is 0 Å². The lowest BCUT2D eigenvalue weighted by atomic mass is 10.1. The number of nitrogens with zero attached hydrogens (tertiary/aromatic N) is 1. The van der Waals surface area contributed by atoms with Crippen molar-refractivity contribution in [2.24, 2.45) is 0 Å². The normalized spacial score (nSPS) is 9.85. The highest BCUT2D eigenvalue weighted by atomic mass is 35.5. The fourth-order valence-corrected chi connectivity index (χ4v) is 2.15. The minimum absolute atomic E-state index is 0.208. The van der Waals surface area contributed by atoms with Gasteiger partial charge in [-0.25, -0.2) is 0 Å². The molecule has 2 aromatic carbocycles. The largest absolute Gasteiger partial charge is 0.398 e. The highest BCUT2D eigenvalue weighted by Gasteiger charge is 2.15. The number of carbonyl (C=O) groups is 1. The van der Waals surface area contributed by atoms with Gasteiger partial charge in [0, 0.05) is 5.69 Å². The number of nitrogens with one attached hydrogen (secondary N) is 1. The fraction of sp³-hybridized carbons (Fsp3) is 0.0667. The molecule has 0 unspecified atom stereocenters. The summed E-state index contributed by atoms with van der Waals surface area (Å²) in [5.41, 5.74) is 7.92. The Bertz CT molecular complexity index is 699. The molecule has 20 heavy (non-hydrogen) atoms. The van der Waals surface area contributed by atoms with Crippen molar-refractivity contribution in [1.29, 1.82) is 5.26 Å². The number of carbonyl (C=O) groups excluding carboxylic acids is 1. The first kappa shape index (κ1) is 13.9. The number of amides is 1. The molecule has 100 valence electrons. The van der Waals surface area contributed by atoms with Crippen molar-refractivity contribution in [2.75, 3.05) is 11.1 Å². The van der Waals surface area contributed by atoms with Gasteiger partial charge in [-0.1, -0.05) is 29.8 Å². The van der Waals surface area contributed by atoms with Gasteiger partial charge in [-0.05, 0) is 30.7 Å². The third-order valence-corrected chi connectivity index (χ3v) is 3.22. The molecule has 0 atom stereocenters. The van der Waals surface area contributed by atoms with Gasteiger partial charge in [-0.15, -0.1) is 0 Å². The van der Waals surface area contributed by atoms with Gasteiger partial charge < -0.3 is 11.1 Å². The number of nitrogen functional groups attached to an aromatic ring is 1. The molecule has 2 rings (SSSR count). The average molecular weight is 286 g/mol. The predicted octanol–water partition coefficient (Wildman–Crippen LogP) is 3.35. The van der Waals surface area contributed by atoms with E-state index in [1.165, 1.54) is 0 Å². The smallest absolute Gasteiger partial charge is 0.259 e. The summed E-state index contributed by atoms with van der Waals surface area (Å²) in [6.07, 6.45) is 0. The van der Waals surface area contributed by atoms with Crippen LogP contribution in [0.15, 0.2) is 36.4 Å². The summed E-state index contributed by atoms with van der Waals surface area (Å²) < 4.78 is 0. The van der Waals surface area contributed by atoms with E-state index < -0.39 is 5.91 Å². The zero-order valence-electron chi connectivity index (χ0n) is 10.8. The Labute approximate surface area is 121 Å². The first-order chi connectivity index (χ1) is 9.54. The van der Waals surface area contributed by atoms with Crippen LogP contribution in [0, 0.1) is 18.3 Å². The molecule has 4 nitrogen and oxygen atoms in total. The van der Waals surface area contributed by atoms with Gasteiger partial charge in [0.05, 0.1) is 21.8 Å². The molecular weight excluding hydrogens is 274 g/mol. The van der Waals surface area contributed by atoms with E-state index in [1.807, 2.05) is 0 Å². The zero-order chi connectivity index (χ0) is 14.7. The molecule has 0 saturated heterocycles. The topological polar surface area (TPSA) is 78.9 Å². The maximum Gasteiger partial charge on any atom is 0.259 e. The fourth-order valence-electron chi connectivity index (χ4n) is 1.89. The summed E-state index contributed by atoms with van der Waals surface area (Å²) >= 11 is 5.99. The van der Waals surface area contributed by atoms with Crippen LogP contribution in [0.25, 0.3) is 0 Å². The SMILES string of the molecule is Cc1cccc(NC(=O)c2c(N)cccc2Cl)c1C#N. The van der Waals surface area contributed by atoms with E-state index in [4.69, 9.17) is 22.6 Å². The zero-order valence-corrected chi connectivity index (χ0v) is 11.5. The lowest BCUT2D eigenvalue weighted by molar-refractivity contribution is 0.102. The first-order valence-electron chi connectivity index (χ1n) is 5.89. The van der Waals surface area contributed by atoms with Gasteiger partial charge in [0.1, 0.15) is 6.07 Å². The number of hydrogen-bond acceptors (Lipinski definition) is 3. The maximum absolute atomic E-state index is 12.3. The summed E-state index contributed by atoms with van der Waals surface area (Å²) in [5.74, 6) is -0.435. The van der Waals surface area contributed by atoms with Gasteiger partial charge in [0.2, 0.25) is 0 Å². The number of rotatable bonds is 2. The van der Waals surface area contributed by atoms with Crippen LogP contribution in [0.4, 0.5) is 11.4 Å². The summed E-state index contributed by atoms with van der Waals surface area (Å²) in [6.45, 7) is 1.80. The molecule has 0 bridgehead atoms. The molecule has 5 heteroatoms. The monoisotopic (exact) mass is 285 g/mol. The second kappa shape index (κ2) is 5.64. The Morgan fingerprint density at radius 1 is 1.30 bits per heavy atom. The Hall–Kier alpha value is -2.51. The highest BCUT2D eigenvalue weighted by Crippen LogP contribution is 2.25. The Morgan fingerprint density at radius 2 is 2.00 bits per heavy atom. The third kappa shape index (κ3) is 2.58. The molecule has 0 saturated carbocycles. The summed E-state index contributed by atoms with van der Waals surface area (Å²) in [7, 11) is 0. The van der Waals surface area contributed by atoms with E-state index >= 15 is 0 Å². The number of nitrogens with two attached hydrogens (primary N) is 1. The highest BCUT2D eigenvalue weighted by molar-refractivity contribution is 6.35. The molecule has 0 aliphatic carbocycles. The first-order valence-corrected chi connectivity index (χ1v) is 6.27. The number of aryl methyl sites for hydroxylation is 1. The molecule has 0 aromatic heterocycles. The average Bonchev–Trinajstić information content (AvgIpc) is 2.38. The minimum Gasteiger partial charge on any atom is -0.398 e. The molecule has 3 N–H and O–H groups in total. The van der Waals surface area contributed by atoms with Crippen LogP contribution in [0.2, 0.25) is 5.02 Å². The molecule has 0 fully saturated rings. The van der Waals surface area contributed by atoms with E-state index in [1.54, 1.807) is 43.3 Å². The molecule has 0 spiro atoms. The summed E-state index contributed by atoms with van der Waals surface area (Å²) in [5, 5.41) is 12.1. The standard InChI is InChI=1S/C15H12ClN3O/c1-9-4-2-7-13(10(9)8-17)19-15(20)14-11(16)5-3-6-12(14)18/h2-7H,18H2,1H3,(H,19,20). The molecule has 0 aliphatic heterocycles. The van der Waals surface area contributed by atoms with Crippen molar-refractivity contribution in [2.45, 2.75) is 6.92 Å². The predicted molar refractivity (Wildman–Crippen MR) is 79.7 cm³/mol. The molecule has 0 radical (unpaired) electrons. The molecule has 2 aromatic rings. The summed E-state index contributed by atoms with van der Waals surface area (Å²) in [4.78, 5) is 12.3. The molecular formula is C15H12ClN3O. The molecule has 0 heterocycles. The Morgan fingerprint density at radius 3 is 2.65 bits per heavy atom. The van der Waals surface area contributed by atoms with Gasteiger partial charge in [0.25, 0.3) is 5.91 Å². The van der Waals surface area contributed by atoms with Crippen LogP contribution in [0.5, 0.6) is 0 Å². The van der Waals surface area contributed by atoms with Crippen LogP contribution >= 0.6 is 11.6 Å². The molecule has 0 aliphatic rings. The van der Waals surface area contributed by atoms with E-state index in [9.17, 15) is 4.79 Å². The lowest BCUT2D eigenvalue weighted by Gasteiger charge is -2.11. The van der Waals surface area contributed by atoms with E-state index in [2.05, 4.69) is 11.4 Å². The Balaban J connectivity index is 2.39. The van der Waals surface area contributed by atoms with Crippen LogP contribution in [-0.4, -0.2) is 5.91 Å². The van der Waals surface area contributed by atoms with Crippen molar-refractivity contribution in [3.05, 3.63) is 58.1 Å². The van der Waals surface area contributed by atoms with E-state index in [0.29, 0.717) is 16.9 Å². The summed E-state index contributed by atoms with van der Waals surface area (Å²) in [6, 6.07) is 12.2. The number of hydrogen-bond donors (Lipinski definition) is 2. The van der Waals surface area contributed by atoms with E-state index in [-0.39, 0.29) is 10.6 Å². The number of anilines is 2. The Kier molecular flexibility index (Phi) is 3.92. The van der Waals surface area contributed by atoms with Crippen LogP contribution in [-0.2, 0) is 0 Å².